The molecule has 0 radical (unpaired) electrons. The largest absolute Gasteiger partial charge is 0.306 e. The predicted molar refractivity (Wildman–Crippen MR) is 82.5 cm³/mol. The zero-order valence-electron chi connectivity index (χ0n) is 11.4. The first-order valence-electron chi connectivity index (χ1n) is 6.71. The molecule has 2 aromatic rings. The Labute approximate surface area is 125 Å². The molecule has 0 saturated carbocycles. The van der Waals surface area contributed by atoms with Gasteiger partial charge in [-0.3, -0.25) is 0 Å². The Bertz CT molecular complexity index is 582. The first-order valence-corrected chi connectivity index (χ1v) is 7.08. The van der Waals surface area contributed by atoms with Crippen LogP contribution in [0.3, 0.4) is 0 Å². The van der Waals surface area contributed by atoms with Crippen LogP contribution in [0, 0.1) is 11.3 Å². The summed E-state index contributed by atoms with van der Waals surface area (Å²) in [5.74, 6) is 0. The molecule has 1 unspecified atom stereocenters. The molecule has 1 N–H and O–H groups in total. The van der Waals surface area contributed by atoms with Crippen molar-refractivity contribution in [3.8, 4) is 6.07 Å². The van der Waals surface area contributed by atoms with Crippen LogP contribution in [0.1, 0.15) is 36.1 Å². The van der Waals surface area contributed by atoms with Gasteiger partial charge in [0.15, 0.2) is 0 Å². The van der Waals surface area contributed by atoms with E-state index in [1.807, 2.05) is 36.4 Å². The molecule has 2 aromatic carbocycles. The van der Waals surface area contributed by atoms with Crippen LogP contribution in [0.25, 0.3) is 0 Å². The van der Waals surface area contributed by atoms with Gasteiger partial charge in [-0.1, -0.05) is 42.8 Å². The highest BCUT2D eigenvalue weighted by atomic mass is 35.5. The Kier molecular flexibility index (Phi) is 5.17. The van der Waals surface area contributed by atoms with Gasteiger partial charge in [0.1, 0.15) is 0 Å². The van der Waals surface area contributed by atoms with E-state index in [9.17, 15) is 0 Å². The monoisotopic (exact) mass is 284 g/mol. The van der Waals surface area contributed by atoms with Crippen molar-refractivity contribution in [1.82, 2.24) is 5.32 Å². The Hall–Kier alpha value is -1.82. The average molecular weight is 285 g/mol. The van der Waals surface area contributed by atoms with Crippen LogP contribution >= 0.6 is 11.6 Å². The van der Waals surface area contributed by atoms with Crippen molar-refractivity contribution >= 4 is 11.6 Å². The summed E-state index contributed by atoms with van der Waals surface area (Å²) >= 11 is 5.91. The minimum absolute atomic E-state index is 0.308. The zero-order chi connectivity index (χ0) is 14.4. The van der Waals surface area contributed by atoms with Gasteiger partial charge in [-0.25, -0.2) is 0 Å². The van der Waals surface area contributed by atoms with Crippen molar-refractivity contribution in [3.05, 3.63) is 70.2 Å². The van der Waals surface area contributed by atoms with Crippen LogP contribution < -0.4 is 5.32 Å². The lowest BCUT2D eigenvalue weighted by Crippen LogP contribution is -2.20. The molecule has 1 atom stereocenters. The maximum atomic E-state index is 8.78. The number of nitrogens with one attached hydrogen (secondary N) is 1. The van der Waals surface area contributed by atoms with Gasteiger partial charge < -0.3 is 5.32 Å². The number of hydrogen-bond acceptors (Lipinski definition) is 2. The Morgan fingerprint density at radius 1 is 1.10 bits per heavy atom. The molecular weight excluding hydrogens is 268 g/mol. The molecule has 102 valence electrons. The lowest BCUT2D eigenvalue weighted by atomic mass is 10.0. The van der Waals surface area contributed by atoms with E-state index in [-0.39, 0.29) is 0 Å². The van der Waals surface area contributed by atoms with Crippen LogP contribution in [0.2, 0.25) is 5.02 Å². The first kappa shape index (κ1) is 14.6. The second-order valence-electron chi connectivity index (χ2n) is 4.70. The molecule has 2 nitrogen and oxygen atoms in total. The van der Waals surface area contributed by atoms with Crippen molar-refractivity contribution in [3.63, 3.8) is 0 Å². The molecule has 0 spiro atoms. The summed E-state index contributed by atoms with van der Waals surface area (Å²) in [4.78, 5) is 0. The van der Waals surface area contributed by atoms with Gasteiger partial charge in [0.25, 0.3) is 0 Å². The lowest BCUT2D eigenvalue weighted by Gasteiger charge is -2.17. The van der Waals surface area contributed by atoms with Crippen molar-refractivity contribution in [2.45, 2.75) is 25.9 Å². The van der Waals surface area contributed by atoms with Crippen LogP contribution in [0.15, 0.2) is 48.5 Å². The molecule has 0 bridgehead atoms. The second-order valence-corrected chi connectivity index (χ2v) is 5.14. The van der Waals surface area contributed by atoms with E-state index in [1.165, 1.54) is 11.1 Å². The molecule has 3 heteroatoms. The van der Waals surface area contributed by atoms with E-state index in [0.717, 1.165) is 18.0 Å². The third-order valence-corrected chi connectivity index (χ3v) is 3.57. The lowest BCUT2D eigenvalue weighted by molar-refractivity contribution is 0.519. The number of rotatable bonds is 5. The molecule has 0 aliphatic carbocycles. The normalized spacial score (nSPS) is 11.8. The molecule has 0 fully saturated rings. The molecule has 20 heavy (non-hydrogen) atoms. The van der Waals surface area contributed by atoms with Crippen molar-refractivity contribution < 1.29 is 0 Å². The maximum absolute atomic E-state index is 8.78. The number of halogens is 1. The standard InChI is InChI=1S/C17H17ClN2/c1-2-17(15-7-9-16(18)10-8-15)20-12-14-5-3-13(11-19)4-6-14/h3-10,17,20H,2,12H2,1H3. The van der Waals surface area contributed by atoms with E-state index >= 15 is 0 Å². The maximum Gasteiger partial charge on any atom is 0.0991 e. The van der Waals surface area contributed by atoms with E-state index in [4.69, 9.17) is 16.9 Å². The fourth-order valence-corrected chi connectivity index (χ4v) is 2.26. The van der Waals surface area contributed by atoms with Gasteiger partial charge >= 0.3 is 0 Å². The van der Waals surface area contributed by atoms with E-state index < -0.39 is 0 Å². The quantitative estimate of drug-likeness (QED) is 0.880. The van der Waals surface area contributed by atoms with Gasteiger partial charge in [-0.2, -0.15) is 5.26 Å². The summed E-state index contributed by atoms with van der Waals surface area (Å²) in [7, 11) is 0. The van der Waals surface area contributed by atoms with E-state index in [1.54, 1.807) is 0 Å². The highest BCUT2D eigenvalue weighted by Crippen LogP contribution is 2.19. The highest BCUT2D eigenvalue weighted by Gasteiger charge is 2.08. The molecule has 0 aliphatic rings. The number of hydrogen-bond donors (Lipinski definition) is 1. The van der Waals surface area contributed by atoms with Gasteiger partial charge in [-0.05, 0) is 41.8 Å². The van der Waals surface area contributed by atoms with Crippen molar-refractivity contribution in [2.24, 2.45) is 0 Å². The summed E-state index contributed by atoms with van der Waals surface area (Å²) in [5, 5.41) is 13.1. The summed E-state index contributed by atoms with van der Waals surface area (Å²) in [5.41, 5.74) is 3.11. The van der Waals surface area contributed by atoms with Crippen LogP contribution in [0.5, 0.6) is 0 Å². The number of nitriles is 1. The third-order valence-electron chi connectivity index (χ3n) is 3.32. The first-order chi connectivity index (χ1) is 9.72. The van der Waals surface area contributed by atoms with Crippen LogP contribution in [-0.4, -0.2) is 0 Å². The smallest absolute Gasteiger partial charge is 0.0991 e. The molecule has 2 rings (SSSR count). The van der Waals surface area contributed by atoms with Crippen molar-refractivity contribution in [1.29, 1.82) is 5.26 Å². The predicted octanol–water partition coefficient (Wildman–Crippen LogP) is 4.45. The van der Waals surface area contributed by atoms with Crippen LogP contribution in [0.4, 0.5) is 0 Å². The van der Waals surface area contributed by atoms with Crippen molar-refractivity contribution in [2.75, 3.05) is 0 Å². The SMILES string of the molecule is CCC(NCc1ccc(C#N)cc1)c1ccc(Cl)cc1. The fraction of sp³-hybridized carbons (Fsp3) is 0.235. The fourth-order valence-electron chi connectivity index (χ4n) is 2.13. The minimum atomic E-state index is 0.308. The molecule has 0 saturated heterocycles. The van der Waals surface area contributed by atoms with E-state index in [0.29, 0.717) is 11.6 Å². The average Bonchev–Trinajstić information content (AvgIpc) is 2.50. The van der Waals surface area contributed by atoms with E-state index in [2.05, 4.69) is 30.4 Å². The minimum Gasteiger partial charge on any atom is -0.306 e. The molecule has 0 amide bonds. The Balaban J connectivity index is 2.00. The summed E-state index contributed by atoms with van der Waals surface area (Å²) in [6.07, 6.45) is 1.01. The molecule has 0 heterocycles. The van der Waals surface area contributed by atoms with Gasteiger partial charge in [0.2, 0.25) is 0 Å². The summed E-state index contributed by atoms with van der Waals surface area (Å²) in [6.45, 7) is 2.94. The molecular formula is C17H17ClN2. The Morgan fingerprint density at radius 2 is 1.75 bits per heavy atom. The topological polar surface area (TPSA) is 35.8 Å². The summed E-state index contributed by atoms with van der Waals surface area (Å²) in [6, 6.07) is 18.1. The second kappa shape index (κ2) is 7.09. The zero-order valence-corrected chi connectivity index (χ0v) is 12.2. The molecule has 0 aromatic heterocycles. The van der Waals surface area contributed by atoms with Crippen LogP contribution in [-0.2, 0) is 6.54 Å². The van der Waals surface area contributed by atoms with Gasteiger partial charge in [0.05, 0.1) is 11.6 Å². The third kappa shape index (κ3) is 3.84. The van der Waals surface area contributed by atoms with Gasteiger partial charge in [0, 0.05) is 17.6 Å². The molecule has 0 aliphatic heterocycles. The number of benzene rings is 2. The number of nitrogens with zero attached hydrogens (tertiary/aromatic N) is 1. The Morgan fingerprint density at radius 3 is 2.30 bits per heavy atom. The summed E-state index contributed by atoms with van der Waals surface area (Å²) < 4.78 is 0. The highest BCUT2D eigenvalue weighted by molar-refractivity contribution is 6.30. The van der Waals surface area contributed by atoms with Gasteiger partial charge in [-0.15, -0.1) is 0 Å².